The van der Waals surface area contributed by atoms with Crippen LogP contribution in [0.15, 0.2) is 64.3 Å². The normalized spacial score (nSPS) is 18.6. The van der Waals surface area contributed by atoms with Gasteiger partial charge in [0.05, 0.1) is 11.1 Å². The second-order valence-electron chi connectivity index (χ2n) is 10.1. The van der Waals surface area contributed by atoms with Crippen LogP contribution in [0.4, 0.5) is 17.6 Å². The third-order valence-electron chi connectivity index (χ3n) is 7.14. The molecular weight excluding hydrogens is 456 g/mol. The predicted molar refractivity (Wildman–Crippen MR) is 130 cm³/mol. The van der Waals surface area contributed by atoms with Crippen LogP contribution in [0.25, 0.3) is 27.8 Å². The van der Waals surface area contributed by atoms with Gasteiger partial charge >= 0.3 is 6.18 Å². The summed E-state index contributed by atoms with van der Waals surface area (Å²) in [6, 6.07) is 5.01. The molecule has 1 atom stereocenters. The van der Waals surface area contributed by atoms with Gasteiger partial charge in [-0.05, 0) is 55.2 Å². The minimum atomic E-state index is -4.29. The van der Waals surface area contributed by atoms with Crippen LogP contribution in [0.3, 0.4) is 0 Å². The van der Waals surface area contributed by atoms with Crippen molar-refractivity contribution in [2.75, 3.05) is 7.05 Å². The summed E-state index contributed by atoms with van der Waals surface area (Å²) < 4.78 is 60.3. The summed E-state index contributed by atoms with van der Waals surface area (Å²) >= 11 is 0. The maximum atomic E-state index is 13.8. The number of allylic oxidation sites excluding steroid dienone is 6. The van der Waals surface area contributed by atoms with Crippen molar-refractivity contribution in [2.45, 2.75) is 40.3 Å². The Bertz CT molecular complexity index is 1480. The number of rotatable bonds is 3. The van der Waals surface area contributed by atoms with Crippen molar-refractivity contribution < 1.29 is 22.0 Å². The lowest BCUT2D eigenvalue weighted by Gasteiger charge is -2.33. The van der Waals surface area contributed by atoms with E-state index in [1.807, 2.05) is 56.3 Å². The van der Waals surface area contributed by atoms with Crippen molar-refractivity contribution in [2.24, 2.45) is 11.3 Å². The molecule has 0 spiro atoms. The molecule has 0 amide bonds. The molecule has 0 N–H and O–H groups in total. The molecule has 35 heavy (non-hydrogen) atoms. The minimum absolute atomic E-state index is 0.0929. The second-order valence-corrected chi connectivity index (χ2v) is 10.1. The average molecular weight is 483 g/mol. The van der Waals surface area contributed by atoms with Crippen molar-refractivity contribution in [3.8, 4) is 0 Å². The van der Waals surface area contributed by atoms with Gasteiger partial charge in [0.25, 0.3) is 0 Å². The smallest absolute Gasteiger partial charge is 0.394 e. The lowest BCUT2D eigenvalue weighted by atomic mass is 9.79. The van der Waals surface area contributed by atoms with Crippen LogP contribution in [-0.4, -0.2) is 23.1 Å². The van der Waals surface area contributed by atoms with Crippen molar-refractivity contribution >= 4 is 27.8 Å². The fraction of sp³-hybridized carbons (Fsp3) is 0.321. The Morgan fingerprint density at radius 3 is 2.54 bits per heavy atom. The Labute approximate surface area is 201 Å². The summed E-state index contributed by atoms with van der Waals surface area (Å²) in [7, 11) is 1.93. The van der Waals surface area contributed by atoms with Gasteiger partial charge in [0.2, 0.25) is 11.7 Å². The van der Waals surface area contributed by atoms with Crippen molar-refractivity contribution in [1.82, 2.24) is 9.88 Å². The number of halogens is 4. The van der Waals surface area contributed by atoms with Crippen molar-refractivity contribution in [3.63, 3.8) is 0 Å². The third-order valence-corrected chi connectivity index (χ3v) is 7.14. The molecule has 1 aromatic carbocycles. The second kappa shape index (κ2) is 7.83. The van der Waals surface area contributed by atoms with Crippen LogP contribution in [0.5, 0.6) is 0 Å². The van der Waals surface area contributed by atoms with E-state index in [0.29, 0.717) is 11.2 Å². The summed E-state index contributed by atoms with van der Waals surface area (Å²) in [6.45, 7) is 6.49. The molecule has 1 unspecified atom stereocenters. The molecule has 3 aromatic rings. The number of nitrogens with zero attached hydrogens (tertiary/aromatic N) is 2. The molecule has 2 aliphatic rings. The van der Waals surface area contributed by atoms with E-state index in [1.54, 1.807) is 12.1 Å². The molecule has 5 rings (SSSR count). The van der Waals surface area contributed by atoms with Gasteiger partial charge in [0, 0.05) is 35.5 Å². The average Bonchev–Trinajstić information content (AvgIpc) is 3.11. The van der Waals surface area contributed by atoms with E-state index < -0.39 is 17.5 Å². The molecule has 0 saturated heterocycles. The molecule has 182 valence electrons. The number of benzene rings is 1. The van der Waals surface area contributed by atoms with Crippen molar-refractivity contribution in [3.05, 3.63) is 82.5 Å². The van der Waals surface area contributed by atoms with Crippen LogP contribution < -0.4 is 0 Å². The minimum Gasteiger partial charge on any atom is -0.437 e. The number of alkyl halides is 3. The molecule has 0 radical (unpaired) electrons. The highest BCUT2D eigenvalue weighted by atomic mass is 19.4. The molecular formula is C28H26F4N2O. The molecule has 7 heteroatoms. The first-order valence-corrected chi connectivity index (χ1v) is 11.5. The Morgan fingerprint density at radius 1 is 1.09 bits per heavy atom. The Balaban J connectivity index is 1.68. The highest BCUT2D eigenvalue weighted by Gasteiger charge is 2.47. The Hall–Kier alpha value is -3.35. The van der Waals surface area contributed by atoms with Gasteiger partial charge in [-0.1, -0.05) is 43.7 Å². The molecule has 0 saturated carbocycles. The number of furan rings is 1. The van der Waals surface area contributed by atoms with E-state index in [2.05, 4.69) is 4.98 Å². The highest BCUT2D eigenvalue weighted by Crippen LogP contribution is 2.46. The third kappa shape index (κ3) is 3.77. The fourth-order valence-corrected chi connectivity index (χ4v) is 4.91. The first-order valence-electron chi connectivity index (χ1n) is 11.5. The number of aromatic nitrogens is 1. The number of aryl methyl sites for hydroxylation is 1. The Morgan fingerprint density at radius 2 is 1.83 bits per heavy atom. The lowest BCUT2D eigenvalue weighted by molar-refractivity contribution is -0.210. The number of pyridine rings is 1. The predicted octanol–water partition coefficient (Wildman–Crippen LogP) is 8.00. The van der Waals surface area contributed by atoms with Crippen molar-refractivity contribution in [1.29, 1.82) is 0 Å². The molecule has 0 bridgehead atoms. The zero-order chi connectivity index (χ0) is 25.3. The summed E-state index contributed by atoms with van der Waals surface area (Å²) in [5, 5.41) is 1.58. The van der Waals surface area contributed by atoms with Gasteiger partial charge in [-0.2, -0.15) is 22.5 Å². The van der Waals surface area contributed by atoms with Gasteiger partial charge in [-0.3, -0.25) is 0 Å². The van der Waals surface area contributed by atoms with E-state index in [-0.39, 0.29) is 18.1 Å². The lowest BCUT2D eigenvalue weighted by Crippen LogP contribution is -2.32. The van der Waals surface area contributed by atoms with E-state index in [1.165, 1.54) is 19.9 Å². The van der Waals surface area contributed by atoms with E-state index >= 15 is 0 Å². The van der Waals surface area contributed by atoms with Crippen LogP contribution in [0, 0.1) is 31.1 Å². The maximum absolute atomic E-state index is 13.8. The standard InChI is InChI=1S/C28H26F4N2O/c1-15-12-21-20-8-9-22(29)33-26(20)35-25(21)23(16(15)2)24-19-7-6-17(13-18(19)10-11-34(24)5)14-27(3,4)28(30,31)32/h6-13,18H,14H2,1-5H3. The molecule has 3 heterocycles. The fourth-order valence-electron chi connectivity index (χ4n) is 4.91. The van der Waals surface area contributed by atoms with Gasteiger partial charge in [-0.15, -0.1) is 0 Å². The summed E-state index contributed by atoms with van der Waals surface area (Å²) in [5.74, 6) is -0.777. The largest absolute Gasteiger partial charge is 0.437 e. The van der Waals surface area contributed by atoms with Gasteiger partial charge in [0.15, 0.2) is 0 Å². The quantitative estimate of drug-likeness (QED) is 0.280. The molecule has 3 nitrogen and oxygen atoms in total. The number of fused-ring (bicyclic) bond motifs is 4. The van der Waals surface area contributed by atoms with E-state index in [0.717, 1.165) is 38.7 Å². The monoisotopic (exact) mass is 482 g/mol. The SMILES string of the molecule is Cc1cc2c(oc3nc(F)ccc32)c(C2=C3C=CC(CC(C)(C)C(F)(F)F)=CC3C=CN2C)c1C. The van der Waals surface area contributed by atoms with Gasteiger partial charge < -0.3 is 9.32 Å². The van der Waals surface area contributed by atoms with Gasteiger partial charge in [0.1, 0.15) is 5.58 Å². The van der Waals surface area contributed by atoms with Crippen LogP contribution in [-0.2, 0) is 0 Å². The number of hydrogen-bond donors (Lipinski definition) is 0. The Kier molecular flexibility index (Phi) is 5.24. The first kappa shape index (κ1) is 23.4. The molecule has 1 aliphatic carbocycles. The molecule has 2 aromatic heterocycles. The topological polar surface area (TPSA) is 29.3 Å². The first-order chi connectivity index (χ1) is 16.4. The van der Waals surface area contributed by atoms with Crippen LogP contribution in [0.2, 0.25) is 0 Å². The molecule has 1 aliphatic heterocycles. The van der Waals surface area contributed by atoms with Crippen LogP contribution >= 0.6 is 0 Å². The number of hydrogen-bond acceptors (Lipinski definition) is 3. The zero-order valence-corrected chi connectivity index (χ0v) is 20.2. The maximum Gasteiger partial charge on any atom is 0.394 e. The van der Waals surface area contributed by atoms with E-state index in [4.69, 9.17) is 4.42 Å². The van der Waals surface area contributed by atoms with Gasteiger partial charge in [-0.25, -0.2) is 0 Å². The van der Waals surface area contributed by atoms with Crippen LogP contribution in [0.1, 0.15) is 37.0 Å². The molecule has 0 fully saturated rings. The summed E-state index contributed by atoms with van der Waals surface area (Å²) in [5.41, 5.74) is 4.51. The van der Waals surface area contributed by atoms with E-state index in [9.17, 15) is 17.6 Å². The summed E-state index contributed by atoms with van der Waals surface area (Å²) in [6.07, 6.45) is 5.14. The zero-order valence-electron chi connectivity index (χ0n) is 20.2. The summed E-state index contributed by atoms with van der Waals surface area (Å²) in [4.78, 5) is 5.93. The highest BCUT2D eigenvalue weighted by molar-refractivity contribution is 6.08.